The molecule has 3 aromatic rings. The highest BCUT2D eigenvalue weighted by molar-refractivity contribution is 5.77. The summed E-state index contributed by atoms with van der Waals surface area (Å²) in [7, 11) is 0. The molecule has 7 nitrogen and oxygen atoms in total. The van der Waals surface area contributed by atoms with Gasteiger partial charge in [-0.1, -0.05) is 30.3 Å². The van der Waals surface area contributed by atoms with Gasteiger partial charge < -0.3 is 10.5 Å². The van der Waals surface area contributed by atoms with Crippen molar-refractivity contribution in [2.75, 3.05) is 12.3 Å². The first kappa shape index (κ1) is 20.3. The van der Waals surface area contributed by atoms with Gasteiger partial charge >= 0.3 is 6.18 Å². The van der Waals surface area contributed by atoms with Crippen molar-refractivity contribution in [1.82, 2.24) is 19.7 Å². The van der Waals surface area contributed by atoms with Gasteiger partial charge in [0.2, 0.25) is 0 Å². The fourth-order valence-corrected chi connectivity index (χ4v) is 2.59. The number of hydrogen-bond acceptors (Lipinski definition) is 6. The minimum atomic E-state index is -4.56. The average molecular weight is 405 g/mol. The van der Waals surface area contributed by atoms with Gasteiger partial charge in [-0.25, -0.2) is 14.6 Å². The Morgan fingerprint density at radius 1 is 1.07 bits per heavy atom. The Balaban J connectivity index is 2.19. The zero-order chi connectivity index (χ0) is 21.2. The van der Waals surface area contributed by atoms with E-state index in [0.29, 0.717) is 11.3 Å². The number of anilines is 1. The first-order valence-electron chi connectivity index (χ1n) is 8.68. The molecule has 2 N–H and O–H groups in total. The molecule has 0 fully saturated rings. The molecule has 0 aliphatic rings. The van der Waals surface area contributed by atoms with E-state index >= 15 is 0 Å². The van der Waals surface area contributed by atoms with E-state index in [1.165, 1.54) is 16.8 Å². The maximum absolute atomic E-state index is 12.6. The maximum Gasteiger partial charge on any atom is 0.422 e. The van der Waals surface area contributed by atoms with Crippen LogP contribution < -0.4 is 16.0 Å². The number of benzene rings is 1. The van der Waals surface area contributed by atoms with Crippen molar-refractivity contribution in [2.45, 2.75) is 26.1 Å². The van der Waals surface area contributed by atoms with E-state index in [1.807, 2.05) is 0 Å². The van der Waals surface area contributed by atoms with E-state index in [1.54, 1.807) is 44.2 Å². The largest absolute Gasteiger partial charge is 0.465 e. The monoisotopic (exact) mass is 405 g/mol. The van der Waals surface area contributed by atoms with Gasteiger partial charge in [-0.15, -0.1) is 0 Å². The van der Waals surface area contributed by atoms with E-state index in [4.69, 9.17) is 10.5 Å². The Bertz CT molecular complexity index is 1070. The summed E-state index contributed by atoms with van der Waals surface area (Å²) in [4.78, 5) is 20.4. The van der Waals surface area contributed by atoms with Crippen molar-refractivity contribution in [3.63, 3.8) is 0 Å². The lowest BCUT2D eigenvalue weighted by molar-refractivity contribution is -0.153. The molecule has 3 rings (SSSR count). The SMILES string of the molecule is CC(C)n1nc(-c2nc(OCC(F)(F)F)c(N)nc2-c2ccccc2)ccc1=O. The van der Waals surface area contributed by atoms with Crippen molar-refractivity contribution < 1.29 is 17.9 Å². The summed E-state index contributed by atoms with van der Waals surface area (Å²) in [5.74, 6) is -0.741. The van der Waals surface area contributed by atoms with Crippen molar-refractivity contribution in [2.24, 2.45) is 0 Å². The lowest BCUT2D eigenvalue weighted by Crippen LogP contribution is -2.24. The zero-order valence-electron chi connectivity index (χ0n) is 15.6. The van der Waals surface area contributed by atoms with Crippen molar-refractivity contribution in [1.29, 1.82) is 0 Å². The predicted molar refractivity (Wildman–Crippen MR) is 101 cm³/mol. The fraction of sp³-hybridized carbons (Fsp3) is 0.263. The van der Waals surface area contributed by atoms with Crippen LogP contribution >= 0.6 is 0 Å². The van der Waals surface area contributed by atoms with Gasteiger partial charge in [0.1, 0.15) is 17.1 Å². The summed E-state index contributed by atoms with van der Waals surface area (Å²) in [6.45, 7) is 2.00. The Hall–Kier alpha value is -3.43. The molecule has 29 heavy (non-hydrogen) atoms. The molecule has 152 valence electrons. The second kappa shape index (κ2) is 7.90. The van der Waals surface area contributed by atoms with Gasteiger partial charge in [0, 0.05) is 11.6 Å². The molecule has 0 saturated heterocycles. The Morgan fingerprint density at radius 3 is 2.38 bits per heavy atom. The predicted octanol–water partition coefficient (Wildman–Crippen LogP) is 3.47. The van der Waals surface area contributed by atoms with Crippen LogP contribution in [-0.2, 0) is 0 Å². The third-order valence-corrected chi connectivity index (χ3v) is 3.87. The van der Waals surface area contributed by atoms with Gasteiger partial charge in [0.05, 0.1) is 6.04 Å². The van der Waals surface area contributed by atoms with E-state index in [9.17, 15) is 18.0 Å². The summed E-state index contributed by atoms with van der Waals surface area (Å²) in [5.41, 5.74) is 6.82. The molecule has 0 atom stereocenters. The standard InChI is InChI=1S/C19H18F3N5O2/c1-11(2)27-14(28)9-8-13(26-27)16-15(12-6-4-3-5-7-12)24-17(23)18(25-16)29-10-19(20,21)22/h3-9,11H,10H2,1-2H3,(H2,23,24). The molecule has 0 radical (unpaired) electrons. The molecule has 1 aromatic carbocycles. The summed E-state index contributed by atoms with van der Waals surface area (Å²) in [6.07, 6.45) is -4.56. The van der Waals surface area contributed by atoms with Gasteiger partial charge in [-0.3, -0.25) is 4.79 Å². The van der Waals surface area contributed by atoms with Crippen LogP contribution in [0.2, 0.25) is 0 Å². The molecule has 0 spiro atoms. The van der Waals surface area contributed by atoms with Crippen LogP contribution in [-0.4, -0.2) is 32.5 Å². The normalized spacial score (nSPS) is 11.7. The number of ether oxygens (including phenoxy) is 1. The van der Waals surface area contributed by atoms with Crippen molar-refractivity contribution in [3.8, 4) is 28.5 Å². The minimum absolute atomic E-state index is 0.150. The lowest BCUT2D eigenvalue weighted by Gasteiger charge is -2.15. The number of aromatic nitrogens is 4. The van der Waals surface area contributed by atoms with Crippen LogP contribution in [0, 0.1) is 0 Å². The zero-order valence-corrected chi connectivity index (χ0v) is 15.6. The quantitative estimate of drug-likeness (QED) is 0.698. The Labute approximate surface area is 164 Å². The number of halogens is 3. The van der Waals surface area contributed by atoms with Gasteiger partial charge in [0.15, 0.2) is 12.4 Å². The van der Waals surface area contributed by atoms with E-state index in [0.717, 1.165) is 0 Å². The summed E-state index contributed by atoms with van der Waals surface area (Å²) < 4.78 is 43.7. The second-order valence-electron chi connectivity index (χ2n) is 6.48. The highest BCUT2D eigenvalue weighted by Crippen LogP contribution is 2.32. The molecular formula is C19H18F3N5O2. The minimum Gasteiger partial charge on any atom is -0.465 e. The number of alkyl halides is 3. The van der Waals surface area contributed by atoms with Crippen LogP contribution in [0.25, 0.3) is 22.6 Å². The maximum atomic E-state index is 12.6. The number of rotatable bonds is 5. The van der Waals surface area contributed by atoms with Gasteiger partial charge in [0.25, 0.3) is 11.4 Å². The molecule has 0 aliphatic heterocycles. The van der Waals surface area contributed by atoms with E-state index in [2.05, 4.69) is 15.1 Å². The second-order valence-corrected chi connectivity index (χ2v) is 6.48. The van der Waals surface area contributed by atoms with Crippen molar-refractivity contribution in [3.05, 3.63) is 52.8 Å². The summed E-state index contributed by atoms with van der Waals surface area (Å²) >= 11 is 0. The van der Waals surface area contributed by atoms with Crippen LogP contribution in [0.5, 0.6) is 5.88 Å². The molecule has 0 aliphatic carbocycles. The molecule has 10 heteroatoms. The topological polar surface area (TPSA) is 95.9 Å². The fourth-order valence-electron chi connectivity index (χ4n) is 2.59. The van der Waals surface area contributed by atoms with Gasteiger partial charge in [-0.2, -0.15) is 18.3 Å². The smallest absolute Gasteiger partial charge is 0.422 e. The molecule has 2 heterocycles. The average Bonchev–Trinajstić information content (AvgIpc) is 2.67. The van der Waals surface area contributed by atoms with Crippen LogP contribution in [0.15, 0.2) is 47.3 Å². The first-order chi connectivity index (χ1) is 13.7. The molecule has 0 bridgehead atoms. The summed E-state index contributed by atoms with van der Waals surface area (Å²) in [6, 6.07) is 11.4. The Morgan fingerprint density at radius 2 is 1.76 bits per heavy atom. The van der Waals surface area contributed by atoms with Crippen LogP contribution in [0.4, 0.5) is 19.0 Å². The highest BCUT2D eigenvalue weighted by Gasteiger charge is 2.30. The van der Waals surface area contributed by atoms with E-state index in [-0.39, 0.29) is 28.8 Å². The molecular weight excluding hydrogens is 387 g/mol. The van der Waals surface area contributed by atoms with E-state index < -0.39 is 18.7 Å². The van der Waals surface area contributed by atoms with Crippen molar-refractivity contribution >= 4 is 5.82 Å². The number of nitrogens with zero attached hydrogens (tertiary/aromatic N) is 4. The van der Waals surface area contributed by atoms with Crippen LogP contribution in [0.3, 0.4) is 0 Å². The summed E-state index contributed by atoms with van der Waals surface area (Å²) in [5, 5.41) is 4.29. The van der Waals surface area contributed by atoms with Crippen LogP contribution in [0.1, 0.15) is 19.9 Å². The molecule has 0 unspecified atom stereocenters. The number of nitrogen functional groups attached to an aromatic ring is 1. The Kier molecular flexibility index (Phi) is 5.53. The molecule has 0 saturated carbocycles. The third kappa shape index (κ3) is 4.71. The lowest BCUT2D eigenvalue weighted by atomic mass is 10.1. The third-order valence-electron chi connectivity index (χ3n) is 3.87. The number of hydrogen-bond donors (Lipinski definition) is 1. The molecule has 0 amide bonds. The highest BCUT2D eigenvalue weighted by atomic mass is 19.4. The van der Waals surface area contributed by atoms with Gasteiger partial charge in [-0.05, 0) is 19.9 Å². The molecule has 2 aromatic heterocycles. The number of nitrogens with two attached hydrogens (primary N) is 1. The first-order valence-corrected chi connectivity index (χ1v) is 8.68.